The van der Waals surface area contributed by atoms with Gasteiger partial charge in [-0.05, 0) is 63.6 Å². The minimum atomic E-state index is -0.760. The molecule has 0 amide bonds. The Labute approximate surface area is 307 Å². The van der Waals surface area contributed by atoms with Crippen molar-refractivity contribution in [1.29, 1.82) is 0 Å². The number of benzene rings is 5. The molecule has 0 atom stereocenters. The van der Waals surface area contributed by atoms with Crippen molar-refractivity contribution in [2.45, 2.75) is 105 Å². The Hall–Kier alpha value is -4.46. The molecule has 7 rings (SSSR count). The van der Waals surface area contributed by atoms with Crippen LogP contribution in [0.15, 0.2) is 66.7 Å². The van der Waals surface area contributed by atoms with Gasteiger partial charge >= 0.3 is 0 Å². The number of rotatable bonds is 6. The molecule has 2 aliphatic rings. The van der Waals surface area contributed by atoms with Gasteiger partial charge in [0.15, 0.2) is 0 Å². The standard InChI is InChI=1S/C46H50O6/c1-25-10-29(21-47)40-36(14-25)45(8,37-15-26(2)11-30(22-48)41(37)51-40)34-18-33(44(5,6)7)19-35(20-34)46(9)38-16-27(3)12-31(23-49)42(38)52-43-32(24-50)13-28(4)17-39(43)46/h10-20,47-50H,21-24H2,1-9H3. The summed E-state index contributed by atoms with van der Waals surface area (Å²) in [5.74, 6) is 2.46. The Morgan fingerprint density at radius 1 is 0.442 bits per heavy atom. The number of hydrogen-bond acceptors (Lipinski definition) is 6. The lowest BCUT2D eigenvalue weighted by Gasteiger charge is -2.43. The van der Waals surface area contributed by atoms with Crippen molar-refractivity contribution in [3.8, 4) is 23.0 Å². The minimum Gasteiger partial charge on any atom is -0.456 e. The highest BCUT2D eigenvalue weighted by molar-refractivity contribution is 5.71. The normalized spacial score (nSPS) is 15.2. The van der Waals surface area contributed by atoms with Crippen LogP contribution in [0.1, 0.15) is 118 Å². The zero-order valence-corrected chi connectivity index (χ0v) is 31.8. The van der Waals surface area contributed by atoms with Crippen molar-refractivity contribution in [2.24, 2.45) is 0 Å². The van der Waals surface area contributed by atoms with Gasteiger partial charge in [0.05, 0.1) is 26.4 Å². The lowest BCUT2D eigenvalue weighted by Crippen LogP contribution is -2.34. The van der Waals surface area contributed by atoms with Crippen LogP contribution in [0.4, 0.5) is 0 Å². The Bertz CT molecular complexity index is 1990. The van der Waals surface area contributed by atoms with Crippen LogP contribution >= 0.6 is 0 Å². The molecule has 0 fully saturated rings. The molecule has 5 aromatic carbocycles. The summed E-state index contributed by atoms with van der Waals surface area (Å²) in [5, 5.41) is 42.5. The number of aliphatic hydroxyl groups is 4. The van der Waals surface area contributed by atoms with Gasteiger partial charge in [-0.3, -0.25) is 0 Å². The third-order valence-electron chi connectivity index (χ3n) is 11.4. The van der Waals surface area contributed by atoms with Gasteiger partial charge in [0, 0.05) is 55.3 Å². The molecule has 0 radical (unpaired) electrons. The molecule has 2 aliphatic heterocycles. The quantitative estimate of drug-likeness (QED) is 0.141. The van der Waals surface area contributed by atoms with Crippen molar-refractivity contribution in [3.05, 3.63) is 150 Å². The molecule has 6 heteroatoms. The van der Waals surface area contributed by atoms with Gasteiger partial charge in [0.1, 0.15) is 23.0 Å². The predicted molar refractivity (Wildman–Crippen MR) is 205 cm³/mol. The largest absolute Gasteiger partial charge is 0.456 e. The molecule has 0 spiro atoms. The molecule has 5 aromatic rings. The van der Waals surface area contributed by atoms with Gasteiger partial charge in [0.2, 0.25) is 0 Å². The highest BCUT2D eigenvalue weighted by Crippen LogP contribution is 2.58. The molecule has 0 aliphatic carbocycles. The average Bonchev–Trinajstić information content (AvgIpc) is 3.11. The fourth-order valence-corrected chi connectivity index (χ4v) is 8.58. The summed E-state index contributed by atoms with van der Waals surface area (Å²) in [6.07, 6.45) is 0. The van der Waals surface area contributed by atoms with E-state index in [1.54, 1.807) is 0 Å². The van der Waals surface area contributed by atoms with E-state index >= 15 is 0 Å². The van der Waals surface area contributed by atoms with Gasteiger partial charge in [-0.1, -0.05) is 110 Å². The fourth-order valence-electron chi connectivity index (χ4n) is 8.58. The van der Waals surface area contributed by atoms with Crippen LogP contribution < -0.4 is 9.47 Å². The zero-order valence-electron chi connectivity index (χ0n) is 31.8. The second-order valence-corrected chi connectivity index (χ2v) is 16.3. The van der Waals surface area contributed by atoms with Crippen molar-refractivity contribution >= 4 is 0 Å². The van der Waals surface area contributed by atoms with E-state index in [-0.39, 0.29) is 31.8 Å². The molecule has 0 aromatic heterocycles. The third-order valence-corrected chi connectivity index (χ3v) is 11.4. The summed E-state index contributed by atoms with van der Waals surface area (Å²) in [6.45, 7) is 18.6. The lowest BCUT2D eigenvalue weighted by molar-refractivity contribution is 0.266. The molecule has 0 unspecified atom stereocenters. The van der Waals surface area contributed by atoms with E-state index in [0.717, 1.165) is 61.2 Å². The van der Waals surface area contributed by atoms with Crippen LogP contribution in [-0.4, -0.2) is 20.4 Å². The Morgan fingerprint density at radius 2 is 0.712 bits per heavy atom. The molecule has 4 N–H and O–H groups in total. The van der Waals surface area contributed by atoms with E-state index < -0.39 is 10.8 Å². The summed E-state index contributed by atoms with van der Waals surface area (Å²) in [4.78, 5) is 0. The summed E-state index contributed by atoms with van der Waals surface area (Å²) in [7, 11) is 0. The first-order chi connectivity index (χ1) is 24.6. The zero-order chi connectivity index (χ0) is 37.5. The first kappa shape index (κ1) is 35.9. The topological polar surface area (TPSA) is 99.4 Å². The maximum atomic E-state index is 10.6. The van der Waals surface area contributed by atoms with E-state index in [4.69, 9.17) is 9.47 Å². The van der Waals surface area contributed by atoms with Crippen molar-refractivity contribution in [2.75, 3.05) is 0 Å². The minimum absolute atomic E-state index is 0.187. The molecule has 2 heterocycles. The van der Waals surface area contributed by atoms with E-state index in [1.807, 2.05) is 52.0 Å². The van der Waals surface area contributed by atoms with Crippen LogP contribution in [-0.2, 0) is 42.7 Å². The molecular formula is C46H50O6. The van der Waals surface area contributed by atoms with Gasteiger partial charge in [-0.25, -0.2) is 0 Å². The van der Waals surface area contributed by atoms with E-state index in [2.05, 4.69) is 77.1 Å². The van der Waals surface area contributed by atoms with Gasteiger partial charge in [-0.15, -0.1) is 0 Å². The number of hydrogen-bond donors (Lipinski definition) is 4. The highest BCUT2D eigenvalue weighted by atomic mass is 16.5. The Balaban J connectivity index is 1.64. The molecular weight excluding hydrogens is 649 g/mol. The van der Waals surface area contributed by atoms with Crippen LogP contribution in [0.25, 0.3) is 0 Å². The number of aryl methyl sites for hydroxylation is 4. The molecule has 270 valence electrons. The SMILES string of the molecule is Cc1cc(CO)c2c(c1)C(C)(c1cc(C(C)(C)C)cc(C3(C)c4cc(C)cc(CO)c4Oc4c(CO)cc(C)cc43)c1)c1cc(C)cc(CO)c1O2. The maximum absolute atomic E-state index is 10.6. The molecule has 6 nitrogen and oxygen atoms in total. The Kier molecular flexibility index (Phi) is 8.70. The fraction of sp³-hybridized carbons (Fsp3) is 0.348. The third kappa shape index (κ3) is 5.38. The average molecular weight is 699 g/mol. The van der Waals surface area contributed by atoms with E-state index in [1.165, 1.54) is 0 Å². The summed E-state index contributed by atoms with van der Waals surface area (Å²) in [5.41, 5.74) is 12.1. The number of ether oxygens (including phenoxy) is 2. The first-order valence-electron chi connectivity index (χ1n) is 18.1. The van der Waals surface area contributed by atoms with Crippen LogP contribution in [0.5, 0.6) is 23.0 Å². The van der Waals surface area contributed by atoms with Crippen LogP contribution in [0.3, 0.4) is 0 Å². The summed E-state index contributed by atoms with van der Waals surface area (Å²) < 4.78 is 13.4. The van der Waals surface area contributed by atoms with E-state index in [9.17, 15) is 20.4 Å². The molecule has 0 saturated carbocycles. The van der Waals surface area contributed by atoms with Crippen molar-refractivity contribution in [1.82, 2.24) is 0 Å². The second-order valence-electron chi connectivity index (χ2n) is 16.3. The lowest BCUT2D eigenvalue weighted by atomic mass is 9.63. The molecule has 52 heavy (non-hydrogen) atoms. The molecule has 0 saturated heterocycles. The van der Waals surface area contributed by atoms with Gasteiger partial charge < -0.3 is 29.9 Å². The monoisotopic (exact) mass is 698 g/mol. The van der Waals surface area contributed by atoms with Crippen molar-refractivity contribution < 1.29 is 29.9 Å². The highest BCUT2D eigenvalue weighted by Gasteiger charge is 2.46. The van der Waals surface area contributed by atoms with Crippen LogP contribution in [0, 0.1) is 27.7 Å². The van der Waals surface area contributed by atoms with Gasteiger partial charge in [-0.2, -0.15) is 0 Å². The molecule has 0 bridgehead atoms. The summed E-state index contributed by atoms with van der Waals surface area (Å²) in [6, 6.07) is 23.4. The summed E-state index contributed by atoms with van der Waals surface area (Å²) >= 11 is 0. The number of aliphatic hydroxyl groups excluding tert-OH is 4. The smallest absolute Gasteiger partial charge is 0.137 e. The van der Waals surface area contributed by atoms with E-state index in [0.29, 0.717) is 45.3 Å². The second kappa shape index (κ2) is 12.6. The van der Waals surface area contributed by atoms with Crippen LogP contribution in [0.2, 0.25) is 0 Å². The predicted octanol–water partition coefficient (Wildman–Crippen LogP) is 9.11. The maximum Gasteiger partial charge on any atom is 0.137 e. The van der Waals surface area contributed by atoms with Gasteiger partial charge in [0.25, 0.3) is 0 Å². The Morgan fingerprint density at radius 3 is 0.942 bits per heavy atom. The van der Waals surface area contributed by atoms with Crippen molar-refractivity contribution in [3.63, 3.8) is 0 Å². The first-order valence-corrected chi connectivity index (χ1v) is 18.1. The number of fused-ring (bicyclic) bond motifs is 4.